The molecule has 21 rings (SSSR count). The predicted molar refractivity (Wildman–Crippen MR) is 417 cm³/mol. The third-order valence-electron chi connectivity index (χ3n) is 21.9. The highest BCUT2D eigenvalue weighted by molar-refractivity contribution is 7.01. The molecule has 0 saturated carbocycles. The molecule has 5 aliphatic heterocycles. The molecule has 16 aromatic rings. The second-order valence-corrected chi connectivity index (χ2v) is 27.0. The summed E-state index contributed by atoms with van der Waals surface area (Å²) in [6, 6.07) is 123. The van der Waals surface area contributed by atoms with Crippen LogP contribution < -0.4 is 53.0 Å². The van der Waals surface area contributed by atoms with Crippen LogP contribution in [0.15, 0.2) is 345 Å². The monoisotopic (exact) mass is 1270 g/mol. The van der Waals surface area contributed by atoms with Crippen LogP contribution in [-0.2, 0) is 0 Å². The lowest BCUT2D eigenvalue weighted by Crippen LogP contribution is -2.62. The Kier molecular flexibility index (Phi) is 12.4. The summed E-state index contributed by atoms with van der Waals surface area (Å²) in [5, 5.41) is 16.0. The van der Waals surface area contributed by atoms with Crippen molar-refractivity contribution in [2.75, 3.05) is 14.7 Å². The van der Waals surface area contributed by atoms with E-state index >= 15 is 4.79 Å². The van der Waals surface area contributed by atoms with Crippen molar-refractivity contribution in [3.05, 3.63) is 356 Å². The Morgan fingerprint density at radius 1 is 0.280 bits per heavy atom. The molecular weight excluding hydrogens is 1210 g/mol. The van der Waals surface area contributed by atoms with Crippen LogP contribution >= 0.6 is 0 Å². The lowest BCUT2D eigenvalue weighted by Gasteiger charge is -2.48. The summed E-state index contributed by atoms with van der Waals surface area (Å²) in [5.41, 5.74) is 33.7. The van der Waals surface area contributed by atoms with Crippen LogP contribution in [-0.4, -0.2) is 23.1 Å². The van der Waals surface area contributed by atoms with E-state index < -0.39 is 6.23 Å². The third-order valence-corrected chi connectivity index (χ3v) is 21.9. The average molecular weight is 1270 g/mol. The first-order valence-corrected chi connectivity index (χ1v) is 34.5. The summed E-state index contributed by atoms with van der Waals surface area (Å²) in [6.45, 7) is -0.322. The van der Waals surface area contributed by atoms with Crippen molar-refractivity contribution in [1.29, 1.82) is 0 Å². The summed E-state index contributed by atoms with van der Waals surface area (Å²) in [7, 11) is 0. The highest BCUT2D eigenvalue weighted by Crippen LogP contribution is 2.54. The van der Waals surface area contributed by atoms with Crippen LogP contribution in [0.1, 0.15) is 11.8 Å². The van der Waals surface area contributed by atoms with Gasteiger partial charge in [-0.1, -0.05) is 267 Å². The van der Waals surface area contributed by atoms with Gasteiger partial charge in [0.15, 0.2) is 6.23 Å². The molecule has 0 bridgehead atoms. The number of aliphatic hydroxyl groups excluding tert-OH is 1. The first-order valence-electron chi connectivity index (χ1n) is 34.5. The molecule has 1 atom stereocenters. The highest BCUT2D eigenvalue weighted by Gasteiger charge is 2.48. The number of nitrogens with zero attached hydrogens (tertiary/aromatic N) is 4. The lowest BCUT2D eigenvalue weighted by atomic mass is 9.33. The van der Waals surface area contributed by atoms with Gasteiger partial charge in [-0.05, 0) is 172 Å². The van der Waals surface area contributed by atoms with Gasteiger partial charge >= 0.3 is 0 Å². The van der Waals surface area contributed by atoms with E-state index in [-0.39, 0.29) is 19.0 Å². The molecule has 6 nitrogen and oxygen atoms in total. The molecule has 100 heavy (non-hydrogen) atoms. The molecule has 5 aliphatic rings. The Morgan fingerprint density at radius 2 is 0.740 bits per heavy atom. The molecule has 1 unspecified atom stereocenters. The van der Waals surface area contributed by atoms with Gasteiger partial charge in [-0.3, -0.25) is 9.36 Å². The van der Waals surface area contributed by atoms with Crippen LogP contribution in [0.5, 0.6) is 0 Å². The minimum atomic E-state index is -0.973. The van der Waals surface area contributed by atoms with Gasteiger partial charge in [-0.15, -0.1) is 0 Å². The zero-order chi connectivity index (χ0) is 65.8. The Labute approximate surface area is 579 Å². The Bertz CT molecular complexity index is 6100. The Morgan fingerprint density at radius 3 is 1.42 bits per heavy atom. The minimum absolute atomic E-state index is 0.0214. The number of benzene rings is 15. The van der Waals surface area contributed by atoms with Crippen molar-refractivity contribution >= 4 is 113 Å². The van der Waals surface area contributed by atoms with E-state index in [4.69, 9.17) is 0 Å². The van der Waals surface area contributed by atoms with E-state index in [1.807, 2.05) is 22.8 Å². The number of anilines is 8. The molecule has 0 spiro atoms. The van der Waals surface area contributed by atoms with E-state index in [1.54, 1.807) is 0 Å². The summed E-state index contributed by atoms with van der Waals surface area (Å²) < 4.78 is 2.01. The fraction of sp³-hybridized carbons (Fsp3) is 0.0109. The molecule has 0 saturated heterocycles. The van der Waals surface area contributed by atoms with E-state index in [0.717, 1.165) is 167 Å². The molecule has 6 heterocycles. The van der Waals surface area contributed by atoms with Gasteiger partial charge in [0.05, 0.1) is 11.2 Å². The van der Waals surface area contributed by atoms with Crippen molar-refractivity contribution in [1.82, 2.24) is 4.57 Å². The van der Waals surface area contributed by atoms with E-state index in [2.05, 4.69) is 336 Å². The van der Waals surface area contributed by atoms with Crippen molar-refractivity contribution in [3.63, 3.8) is 0 Å². The molecule has 0 radical (unpaired) electrons. The normalized spacial score (nSPS) is 13.9. The number of para-hydroxylation sites is 3. The molecule has 15 aromatic carbocycles. The van der Waals surface area contributed by atoms with Crippen molar-refractivity contribution < 1.29 is 5.11 Å². The van der Waals surface area contributed by atoms with Gasteiger partial charge in [0, 0.05) is 78.5 Å². The SMILES string of the molecule is O=c1c2ccccc2c2ccc3c4c2n1-c1ccc(-c2ccc(-c5ccc6c(c5)-c5cccc7c5N(c5cccc8c5B7c5ccccc5N8c5c(-c7ccccc7)cc(-c7ccccc7)cc5-c5ccccc5)C6O)cc2)cc1B4c1cc(-c2ccccc2)ccc1N3c1ccccc1. The topological polar surface area (TPSA) is 52.0 Å². The fourth-order valence-electron chi connectivity index (χ4n) is 17.5. The first kappa shape index (κ1) is 56.4. The van der Waals surface area contributed by atoms with Crippen molar-refractivity contribution in [3.8, 4) is 83.6 Å². The number of aromatic nitrogens is 1. The lowest BCUT2D eigenvalue weighted by molar-refractivity contribution is 0.184. The van der Waals surface area contributed by atoms with Crippen LogP contribution in [0.2, 0.25) is 0 Å². The van der Waals surface area contributed by atoms with Crippen LogP contribution in [0.25, 0.3) is 105 Å². The third kappa shape index (κ3) is 8.23. The maximum atomic E-state index is 15.3. The van der Waals surface area contributed by atoms with Gasteiger partial charge in [0.1, 0.15) is 0 Å². The number of hydrogen-bond donors (Lipinski definition) is 1. The molecule has 1 aromatic heterocycles. The summed E-state index contributed by atoms with van der Waals surface area (Å²) >= 11 is 0. The zero-order valence-corrected chi connectivity index (χ0v) is 54.2. The first-order chi connectivity index (χ1) is 49.5. The summed E-state index contributed by atoms with van der Waals surface area (Å²) in [4.78, 5) is 22.4. The molecular formula is C92H58B2N4O2. The summed E-state index contributed by atoms with van der Waals surface area (Å²) in [6.07, 6.45) is -0.973. The van der Waals surface area contributed by atoms with Crippen LogP contribution in [0.4, 0.5) is 45.5 Å². The molecule has 1 N–H and O–H groups in total. The Hall–Kier alpha value is -12.7. The Balaban J connectivity index is 0.681. The largest absolute Gasteiger partial charge is 0.369 e. The van der Waals surface area contributed by atoms with E-state index in [9.17, 15) is 5.11 Å². The van der Waals surface area contributed by atoms with Crippen molar-refractivity contribution in [2.24, 2.45) is 0 Å². The highest BCUT2D eigenvalue weighted by atomic mass is 16.3. The average Bonchev–Trinajstić information content (AvgIpc) is 0.692. The maximum absolute atomic E-state index is 15.3. The van der Waals surface area contributed by atoms with Crippen LogP contribution in [0.3, 0.4) is 0 Å². The number of aliphatic hydroxyl groups is 1. The molecule has 0 fully saturated rings. The quantitative estimate of drug-likeness (QED) is 0.121. The van der Waals surface area contributed by atoms with E-state index in [1.165, 1.54) is 16.4 Å². The van der Waals surface area contributed by atoms with Gasteiger partial charge in [0.25, 0.3) is 19.0 Å². The van der Waals surface area contributed by atoms with Crippen LogP contribution in [0, 0.1) is 0 Å². The van der Waals surface area contributed by atoms with Gasteiger partial charge < -0.3 is 19.8 Å². The number of fused-ring (bicyclic) bond motifs is 13. The van der Waals surface area contributed by atoms with Gasteiger partial charge in [0.2, 0.25) is 0 Å². The minimum Gasteiger partial charge on any atom is -0.369 e. The molecule has 0 aliphatic carbocycles. The summed E-state index contributed by atoms with van der Waals surface area (Å²) in [5.74, 6) is 0. The molecule has 464 valence electrons. The second-order valence-electron chi connectivity index (χ2n) is 27.0. The van der Waals surface area contributed by atoms with Crippen molar-refractivity contribution in [2.45, 2.75) is 6.23 Å². The predicted octanol–water partition coefficient (Wildman–Crippen LogP) is 18.2. The maximum Gasteiger partial charge on any atom is 0.263 e. The van der Waals surface area contributed by atoms with Gasteiger partial charge in [-0.25, -0.2) is 0 Å². The van der Waals surface area contributed by atoms with Gasteiger partial charge in [-0.2, -0.15) is 0 Å². The standard InChI is InChI=1S/C92H58B2N4O2/c99-91-71-33-17-16-32-68(71)70-48-51-85-87-90(70)97(91)82-50-46-65(56-79(82)94(87)78-55-64(57-22-6-1-7-23-57)45-49-81(78)95(85)67-30-14-5-15-31-67)60-42-40-59(41-43-60)63-44-47-72-75(52-63)69-34-20-36-77-89(69)98(92(72)100)84-39-21-38-83-86(84)93(77)76-35-18-19-37-80(76)96(83)88-73(61-26-10-3-11-27-61)53-66(58-24-8-2-9-25-58)54-74(88)62-28-12-4-13-29-62/h1-56,92,100H. The smallest absolute Gasteiger partial charge is 0.263 e. The zero-order valence-electron chi connectivity index (χ0n) is 54.2. The second kappa shape index (κ2) is 21.9. The van der Waals surface area contributed by atoms with E-state index in [0.29, 0.717) is 5.39 Å². The number of hydrogen-bond acceptors (Lipinski definition) is 5. The molecule has 0 amide bonds. The molecule has 8 heteroatoms. The fourth-order valence-corrected chi connectivity index (χ4v) is 17.5. The number of pyridine rings is 1. The number of rotatable bonds is 8.